The molecule has 0 radical (unpaired) electrons. The number of hydrogen-bond acceptors (Lipinski definition) is 6. The molecule has 2 aromatic rings. The zero-order valence-corrected chi connectivity index (χ0v) is 14.8. The molecule has 1 aliphatic heterocycles. The van der Waals surface area contributed by atoms with Crippen LogP contribution in [0.25, 0.3) is 10.2 Å². The van der Waals surface area contributed by atoms with Crippen molar-refractivity contribution >= 4 is 33.3 Å². The third kappa shape index (κ3) is 3.17. The molecule has 1 fully saturated rings. The Morgan fingerprint density at radius 2 is 1.87 bits per heavy atom. The van der Waals surface area contributed by atoms with Crippen molar-refractivity contribution in [1.82, 2.24) is 9.97 Å². The Bertz CT molecular complexity index is 718. The SMILES string of the molecule is CCOC(=O)c1sc2nc(C)nc(N3CCCCCC3)c2c1C. The van der Waals surface area contributed by atoms with Gasteiger partial charge in [-0.05, 0) is 39.2 Å². The Morgan fingerprint density at radius 1 is 1.17 bits per heavy atom. The first-order valence-electron chi connectivity index (χ1n) is 8.31. The number of carbonyl (C=O) groups is 1. The first-order chi connectivity index (χ1) is 11.1. The summed E-state index contributed by atoms with van der Waals surface area (Å²) in [6.07, 6.45) is 4.94. The van der Waals surface area contributed by atoms with E-state index in [9.17, 15) is 4.79 Å². The largest absolute Gasteiger partial charge is 0.462 e. The number of hydrogen-bond donors (Lipinski definition) is 0. The highest BCUT2D eigenvalue weighted by atomic mass is 32.1. The van der Waals surface area contributed by atoms with Crippen LogP contribution >= 0.6 is 11.3 Å². The number of thiophene rings is 1. The third-order valence-electron chi connectivity index (χ3n) is 4.25. The highest BCUT2D eigenvalue weighted by Gasteiger charge is 2.23. The molecule has 0 aromatic carbocycles. The average molecular weight is 333 g/mol. The highest BCUT2D eigenvalue weighted by molar-refractivity contribution is 7.20. The number of nitrogens with zero attached hydrogens (tertiary/aromatic N) is 3. The van der Waals surface area contributed by atoms with Crippen LogP contribution in [0.2, 0.25) is 0 Å². The molecule has 0 bridgehead atoms. The van der Waals surface area contributed by atoms with Gasteiger partial charge < -0.3 is 9.64 Å². The molecule has 0 atom stereocenters. The highest BCUT2D eigenvalue weighted by Crippen LogP contribution is 2.36. The summed E-state index contributed by atoms with van der Waals surface area (Å²) in [5.41, 5.74) is 0.947. The molecule has 1 saturated heterocycles. The summed E-state index contributed by atoms with van der Waals surface area (Å²) in [6, 6.07) is 0. The van der Waals surface area contributed by atoms with Crippen molar-refractivity contribution in [3.63, 3.8) is 0 Å². The van der Waals surface area contributed by atoms with E-state index < -0.39 is 0 Å². The maximum absolute atomic E-state index is 12.2. The number of carbonyl (C=O) groups excluding carboxylic acids is 1. The minimum atomic E-state index is -0.257. The van der Waals surface area contributed by atoms with Crippen LogP contribution in [0.1, 0.15) is 53.7 Å². The first-order valence-corrected chi connectivity index (χ1v) is 9.13. The summed E-state index contributed by atoms with van der Waals surface area (Å²) in [6.45, 7) is 8.15. The van der Waals surface area contributed by atoms with Crippen LogP contribution in [-0.4, -0.2) is 35.6 Å². The monoisotopic (exact) mass is 333 g/mol. The third-order valence-corrected chi connectivity index (χ3v) is 5.42. The molecule has 1 aliphatic rings. The second-order valence-electron chi connectivity index (χ2n) is 5.95. The number of rotatable bonds is 3. The molecule has 23 heavy (non-hydrogen) atoms. The fourth-order valence-electron chi connectivity index (χ4n) is 3.12. The molecule has 3 rings (SSSR count). The van der Waals surface area contributed by atoms with Crippen LogP contribution in [0.15, 0.2) is 0 Å². The van der Waals surface area contributed by atoms with Gasteiger partial charge in [-0.2, -0.15) is 0 Å². The minimum absolute atomic E-state index is 0.257. The summed E-state index contributed by atoms with van der Waals surface area (Å²) < 4.78 is 5.18. The Hall–Kier alpha value is -1.69. The van der Waals surface area contributed by atoms with Crippen LogP contribution in [0.5, 0.6) is 0 Å². The van der Waals surface area contributed by atoms with E-state index in [1.165, 1.54) is 37.0 Å². The van der Waals surface area contributed by atoms with Gasteiger partial charge in [-0.15, -0.1) is 11.3 Å². The standard InChI is InChI=1S/C17H23N3O2S/c1-4-22-17(21)14-11(2)13-15(18-12(3)19-16(13)23-14)20-9-7-5-6-8-10-20/h4-10H2,1-3H3. The molecule has 0 amide bonds. The van der Waals surface area contributed by atoms with Gasteiger partial charge in [0.25, 0.3) is 0 Å². The second kappa shape index (κ2) is 6.83. The summed E-state index contributed by atoms with van der Waals surface area (Å²) in [7, 11) is 0. The van der Waals surface area contributed by atoms with Crippen molar-refractivity contribution in [3.8, 4) is 0 Å². The number of anilines is 1. The van der Waals surface area contributed by atoms with Gasteiger partial charge >= 0.3 is 5.97 Å². The van der Waals surface area contributed by atoms with Gasteiger partial charge in [0.05, 0.1) is 12.0 Å². The maximum Gasteiger partial charge on any atom is 0.348 e. The van der Waals surface area contributed by atoms with Gasteiger partial charge in [-0.3, -0.25) is 0 Å². The van der Waals surface area contributed by atoms with Crippen molar-refractivity contribution in [1.29, 1.82) is 0 Å². The van der Waals surface area contributed by atoms with Crippen molar-refractivity contribution in [2.24, 2.45) is 0 Å². The topological polar surface area (TPSA) is 55.3 Å². The molecule has 3 heterocycles. The zero-order valence-electron chi connectivity index (χ0n) is 14.0. The zero-order chi connectivity index (χ0) is 16.4. The number of aromatic nitrogens is 2. The molecule has 0 unspecified atom stereocenters. The molecule has 0 N–H and O–H groups in total. The molecule has 2 aromatic heterocycles. The fourth-order valence-corrected chi connectivity index (χ4v) is 4.24. The summed E-state index contributed by atoms with van der Waals surface area (Å²) in [4.78, 5) is 25.4. The number of ether oxygens (including phenoxy) is 1. The lowest BCUT2D eigenvalue weighted by Gasteiger charge is -2.22. The first kappa shape index (κ1) is 16.2. The average Bonchev–Trinajstić information content (AvgIpc) is 2.71. The smallest absolute Gasteiger partial charge is 0.348 e. The Kier molecular flexibility index (Phi) is 4.80. The normalized spacial score (nSPS) is 15.7. The molecule has 0 spiro atoms. The number of aryl methyl sites for hydroxylation is 2. The van der Waals surface area contributed by atoms with Crippen LogP contribution in [0, 0.1) is 13.8 Å². The molecule has 5 nitrogen and oxygen atoms in total. The lowest BCUT2D eigenvalue weighted by molar-refractivity contribution is 0.0531. The number of esters is 1. The second-order valence-corrected chi connectivity index (χ2v) is 6.95. The van der Waals surface area contributed by atoms with E-state index in [-0.39, 0.29) is 5.97 Å². The van der Waals surface area contributed by atoms with Gasteiger partial charge in [-0.25, -0.2) is 14.8 Å². The van der Waals surface area contributed by atoms with Gasteiger partial charge in [0.1, 0.15) is 21.3 Å². The molecular weight excluding hydrogens is 310 g/mol. The molecular formula is C17H23N3O2S. The van der Waals surface area contributed by atoms with Crippen molar-refractivity contribution in [2.75, 3.05) is 24.6 Å². The predicted molar refractivity (Wildman–Crippen MR) is 93.5 cm³/mol. The summed E-state index contributed by atoms with van der Waals surface area (Å²) in [5, 5.41) is 1.02. The lowest BCUT2D eigenvalue weighted by atomic mass is 10.2. The Labute approximate surface area is 140 Å². The Balaban J connectivity index is 2.11. The van der Waals surface area contributed by atoms with Crippen molar-refractivity contribution in [3.05, 3.63) is 16.3 Å². The molecule has 124 valence electrons. The van der Waals surface area contributed by atoms with Crippen molar-refractivity contribution in [2.45, 2.75) is 46.5 Å². The molecule has 0 aliphatic carbocycles. The van der Waals surface area contributed by atoms with Crippen LogP contribution < -0.4 is 4.90 Å². The van der Waals surface area contributed by atoms with E-state index in [0.29, 0.717) is 11.5 Å². The summed E-state index contributed by atoms with van der Waals surface area (Å²) in [5.74, 6) is 1.49. The van der Waals surface area contributed by atoms with Gasteiger partial charge in [-0.1, -0.05) is 12.8 Å². The van der Waals surface area contributed by atoms with E-state index in [1.807, 2.05) is 20.8 Å². The van der Waals surface area contributed by atoms with E-state index >= 15 is 0 Å². The van der Waals surface area contributed by atoms with Gasteiger partial charge in [0, 0.05) is 13.1 Å². The van der Waals surface area contributed by atoms with Crippen LogP contribution in [-0.2, 0) is 4.74 Å². The van der Waals surface area contributed by atoms with Crippen molar-refractivity contribution < 1.29 is 9.53 Å². The van der Waals surface area contributed by atoms with Crippen LogP contribution in [0.4, 0.5) is 5.82 Å². The summed E-state index contributed by atoms with van der Waals surface area (Å²) >= 11 is 1.42. The van der Waals surface area contributed by atoms with Gasteiger partial charge in [0.2, 0.25) is 0 Å². The van der Waals surface area contributed by atoms with E-state index in [1.54, 1.807) is 0 Å². The lowest BCUT2D eigenvalue weighted by Crippen LogP contribution is -2.25. The fraction of sp³-hybridized carbons (Fsp3) is 0.588. The van der Waals surface area contributed by atoms with E-state index in [0.717, 1.165) is 40.5 Å². The predicted octanol–water partition coefficient (Wildman–Crippen LogP) is 3.87. The molecule has 0 saturated carbocycles. The maximum atomic E-state index is 12.2. The van der Waals surface area contributed by atoms with Crippen LogP contribution in [0.3, 0.4) is 0 Å². The van der Waals surface area contributed by atoms with Gasteiger partial charge in [0.15, 0.2) is 0 Å². The quantitative estimate of drug-likeness (QED) is 0.798. The minimum Gasteiger partial charge on any atom is -0.462 e. The number of fused-ring (bicyclic) bond motifs is 1. The Morgan fingerprint density at radius 3 is 2.52 bits per heavy atom. The van der Waals surface area contributed by atoms with E-state index in [2.05, 4.69) is 9.88 Å². The molecule has 6 heteroatoms. The van der Waals surface area contributed by atoms with E-state index in [4.69, 9.17) is 9.72 Å².